The second-order valence-electron chi connectivity index (χ2n) is 3.25. The van der Waals surface area contributed by atoms with Gasteiger partial charge in [-0.3, -0.25) is 4.79 Å². The summed E-state index contributed by atoms with van der Waals surface area (Å²) in [6.07, 6.45) is 2.02. The van der Waals surface area contributed by atoms with Gasteiger partial charge in [-0.1, -0.05) is 11.6 Å². The fourth-order valence-electron chi connectivity index (χ4n) is 1.55. The van der Waals surface area contributed by atoms with Gasteiger partial charge in [0.2, 0.25) is 0 Å². The Morgan fingerprint density at radius 1 is 1.71 bits per heavy atom. The van der Waals surface area contributed by atoms with E-state index in [4.69, 9.17) is 11.6 Å². The minimum atomic E-state index is -0.00313. The van der Waals surface area contributed by atoms with Crippen LogP contribution in [0.15, 0.2) is 9.85 Å². The van der Waals surface area contributed by atoms with E-state index in [1.807, 2.05) is 0 Å². The van der Waals surface area contributed by atoms with E-state index in [1.54, 1.807) is 6.07 Å². The number of hydrogen-bond donors (Lipinski definition) is 1. The molecule has 2 heterocycles. The Morgan fingerprint density at radius 2 is 2.50 bits per heavy atom. The first-order chi connectivity index (χ1) is 6.68. The summed E-state index contributed by atoms with van der Waals surface area (Å²) in [5, 5.41) is 3.80. The van der Waals surface area contributed by atoms with Gasteiger partial charge in [-0.2, -0.15) is 0 Å². The molecule has 1 aromatic heterocycles. The third-order valence-electron chi connectivity index (χ3n) is 2.26. The van der Waals surface area contributed by atoms with Gasteiger partial charge in [0.15, 0.2) is 5.78 Å². The van der Waals surface area contributed by atoms with Gasteiger partial charge >= 0.3 is 0 Å². The first kappa shape index (κ1) is 10.6. The van der Waals surface area contributed by atoms with E-state index in [9.17, 15) is 4.79 Å². The fraction of sp³-hybridized carbons (Fsp3) is 0.444. The predicted octanol–water partition coefficient (Wildman–Crippen LogP) is 3.10. The Morgan fingerprint density at radius 3 is 3.00 bits per heavy atom. The molecule has 0 bridgehead atoms. The van der Waals surface area contributed by atoms with Gasteiger partial charge in [-0.05, 0) is 41.4 Å². The van der Waals surface area contributed by atoms with Crippen LogP contribution in [-0.2, 0) is 0 Å². The molecule has 0 aromatic carbocycles. The lowest BCUT2D eigenvalue weighted by atomic mass is 10.1. The van der Waals surface area contributed by atoms with Crippen LogP contribution in [0.2, 0.25) is 5.02 Å². The van der Waals surface area contributed by atoms with Crippen molar-refractivity contribution in [3.8, 4) is 0 Å². The summed E-state index contributed by atoms with van der Waals surface area (Å²) in [5.41, 5.74) is 0. The third-order valence-corrected chi connectivity index (χ3v) is 4.75. The summed E-state index contributed by atoms with van der Waals surface area (Å²) >= 11 is 10.6. The highest BCUT2D eigenvalue weighted by atomic mass is 79.9. The van der Waals surface area contributed by atoms with E-state index in [-0.39, 0.29) is 11.8 Å². The zero-order chi connectivity index (χ0) is 10.1. The van der Waals surface area contributed by atoms with Crippen LogP contribution in [0.1, 0.15) is 22.5 Å². The van der Waals surface area contributed by atoms with Crippen LogP contribution in [-0.4, -0.2) is 18.4 Å². The maximum atomic E-state index is 11.9. The molecule has 0 radical (unpaired) electrons. The number of rotatable bonds is 2. The van der Waals surface area contributed by atoms with Gasteiger partial charge in [0.1, 0.15) is 0 Å². The molecule has 2 nitrogen and oxygen atoms in total. The summed E-state index contributed by atoms with van der Waals surface area (Å²) in [4.78, 5) is 12.6. The van der Waals surface area contributed by atoms with Crippen LogP contribution in [0.5, 0.6) is 0 Å². The molecule has 14 heavy (non-hydrogen) atoms. The van der Waals surface area contributed by atoms with E-state index >= 15 is 0 Å². The highest BCUT2D eigenvalue weighted by molar-refractivity contribution is 9.11. The van der Waals surface area contributed by atoms with Crippen LogP contribution in [0, 0.1) is 0 Å². The molecular weight excluding hydrogens is 286 g/mol. The van der Waals surface area contributed by atoms with Crippen LogP contribution < -0.4 is 5.32 Å². The molecule has 1 N–H and O–H groups in total. The van der Waals surface area contributed by atoms with Crippen molar-refractivity contribution in [2.75, 3.05) is 6.54 Å². The SMILES string of the molecule is O=C(c1cc(Cl)c(Br)s1)C1CCCN1. The van der Waals surface area contributed by atoms with E-state index in [0.29, 0.717) is 5.02 Å². The number of nitrogens with one attached hydrogen (secondary N) is 1. The number of Topliss-reactive ketones (excluding diaryl/α,β-unsaturated/α-hetero) is 1. The second kappa shape index (κ2) is 4.31. The molecule has 1 fully saturated rings. The molecule has 0 spiro atoms. The monoisotopic (exact) mass is 293 g/mol. The van der Waals surface area contributed by atoms with Crippen LogP contribution in [0.3, 0.4) is 0 Å². The summed E-state index contributed by atoms with van der Waals surface area (Å²) in [5.74, 6) is 0.167. The largest absolute Gasteiger partial charge is 0.307 e. The number of carbonyl (C=O) groups is 1. The quantitative estimate of drug-likeness (QED) is 0.849. The zero-order valence-electron chi connectivity index (χ0n) is 7.35. The number of carbonyl (C=O) groups excluding carboxylic acids is 1. The molecule has 1 atom stereocenters. The Bertz CT molecular complexity index is 340. The molecule has 76 valence electrons. The van der Waals surface area contributed by atoms with E-state index in [0.717, 1.165) is 28.0 Å². The fourth-order valence-corrected chi connectivity index (χ4v) is 3.24. The van der Waals surface area contributed by atoms with Gasteiger partial charge in [0.05, 0.1) is 19.7 Å². The smallest absolute Gasteiger partial charge is 0.189 e. The Labute approximate surface area is 99.8 Å². The number of halogens is 2. The standard InChI is InChI=1S/C9H9BrClNOS/c10-9-5(11)4-7(14-9)8(13)6-2-1-3-12-6/h4,6,12H,1-3H2. The lowest BCUT2D eigenvalue weighted by molar-refractivity contribution is 0.0956. The molecule has 1 unspecified atom stereocenters. The summed E-state index contributed by atoms with van der Waals surface area (Å²) < 4.78 is 0.834. The average Bonchev–Trinajstić information content (AvgIpc) is 2.76. The average molecular weight is 295 g/mol. The van der Waals surface area contributed by atoms with E-state index < -0.39 is 0 Å². The molecule has 1 saturated heterocycles. The van der Waals surface area contributed by atoms with Crippen LogP contribution >= 0.6 is 38.9 Å². The van der Waals surface area contributed by atoms with Crippen molar-refractivity contribution in [3.63, 3.8) is 0 Å². The van der Waals surface area contributed by atoms with Crippen LogP contribution in [0.25, 0.3) is 0 Å². The van der Waals surface area contributed by atoms with Crippen molar-refractivity contribution < 1.29 is 4.79 Å². The molecule has 0 saturated carbocycles. The predicted molar refractivity (Wildman–Crippen MR) is 62.4 cm³/mol. The van der Waals surface area contributed by atoms with Crippen molar-refractivity contribution >= 4 is 44.7 Å². The molecule has 1 aromatic rings. The van der Waals surface area contributed by atoms with Crippen molar-refractivity contribution in [1.82, 2.24) is 5.32 Å². The van der Waals surface area contributed by atoms with E-state index in [2.05, 4.69) is 21.2 Å². The Balaban J connectivity index is 2.18. The highest BCUT2D eigenvalue weighted by Gasteiger charge is 2.24. The molecular formula is C9H9BrClNOS. The minimum Gasteiger partial charge on any atom is -0.307 e. The third kappa shape index (κ3) is 2.03. The van der Waals surface area contributed by atoms with E-state index in [1.165, 1.54) is 11.3 Å². The molecule has 0 aliphatic carbocycles. The summed E-state index contributed by atoms with van der Waals surface area (Å²) in [6.45, 7) is 0.941. The number of thiophene rings is 1. The van der Waals surface area contributed by atoms with Gasteiger partial charge in [-0.25, -0.2) is 0 Å². The highest BCUT2D eigenvalue weighted by Crippen LogP contribution is 2.33. The van der Waals surface area contributed by atoms with Crippen molar-refractivity contribution in [2.24, 2.45) is 0 Å². The van der Waals surface area contributed by atoms with Crippen LogP contribution in [0.4, 0.5) is 0 Å². The lowest BCUT2D eigenvalue weighted by Gasteiger charge is -2.05. The minimum absolute atomic E-state index is 0.00313. The first-order valence-corrected chi connectivity index (χ1v) is 6.39. The van der Waals surface area contributed by atoms with Crippen molar-refractivity contribution in [3.05, 3.63) is 19.8 Å². The maximum Gasteiger partial charge on any atom is 0.189 e. The van der Waals surface area contributed by atoms with Crippen molar-refractivity contribution in [2.45, 2.75) is 18.9 Å². The van der Waals surface area contributed by atoms with Gasteiger partial charge in [-0.15, -0.1) is 11.3 Å². The normalized spacial score (nSPS) is 21.4. The van der Waals surface area contributed by atoms with Gasteiger partial charge in [0, 0.05) is 0 Å². The molecule has 0 amide bonds. The van der Waals surface area contributed by atoms with Crippen molar-refractivity contribution in [1.29, 1.82) is 0 Å². The molecule has 2 rings (SSSR count). The Kier molecular flexibility index (Phi) is 3.27. The summed E-state index contributed by atoms with van der Waals surface area (Å²) in [7, 11) is 0. The summed E-state index contributed by atoms with van der Waals surface area (Å²) in [6, 6.07) is 1.73. The molecule has 1 aliphatic rings. The molecule has 1 aliphatic heterocycles. The topological polar surface area (TPSA) is 29.1 Å². The second-order valence-corrected chi connectivity index (χ2v) is 6.02. The first-order valence-electron chi connectivity index (χ1n) is 4.41. The molecule has 5 heteroatoms. The lowest BCUT2D eigenvalue weighted by Crippen LogP contribution is -2.30. The maximum absolute atomic E-state index is 11.9. The van der Waals surface area contributed by atoms with Gasteiger partial charge in [0.25, 0.3) is 0 Å². The Hall–Kier alpha value is 0.1000. The number of ketones is 1. The van der Waals surface area contributed by atoms with Gasteiger partial charge < -0.3 is 5.32 Å². The number of hydrogen-bond acceptors (Lipinski definition) is 3. The zero-order valence-corrected chi connectivity index (χ0v) is 10.5.